The molecule has 3 aromatic rings. The molecule has 54 heavy (non-hydrogen) atoms. The Morgan fingerprint density at radius 3 is 1.93 bits per heavy atom. The van der Waals surface area contributed by atoms with Crippen LogP contribution in [-0.4, -0.2) is 99.3 Å². The number of carbonyl (C=O) groups excluding carboxylic acids is 4. The number of rotatable bonds is 12. The van der Waals surface area contributed by atoms with E-state index in [1.807, 2.05) is 38.8 Å². The van der Waals surface area contributed by atoms with Gasteiger partial charge in [0.15, 0.2) is 0 Å². The Kier molecular flexibility index (Phi) is 12.0. The van der Waals surface area contributed by atoms with Crippen molar-refractivity contribution < 1.29 is 29.0 Å². The number of aliphatic imine (C=N–C) groups is 1. The van der Waals surface area contributed by atoms with Crippen LogP contribution >= 0.6 is 0 Å². The van der Waals surface area contributed by atoms with Crippen molar-refractivity contribution in [2.75, 3.05) is 26.8 Å². The van der Waals surface area contributed by atoms with E-state index < -0.39 is 30.7 Å². The molecule has 6 rings (SSSR count). The Balaban J connectivity index is 1.07. The zero-order valence-corrected chi connectivity index (χ0v) is 31.7. The molecule has 286 valence electrons. The third-order valence-corrected chi connectivity index (χ3v) is 10.7. The van der Waals surface area contributed by atoms with Crippen molar-refractivity contribution in [1.82, 2.24) is 30.4 Å². The van der Waals surface area contributed by atoms with Crippen LogP contribution in [0.2, 0.25) is 0 Å². The van der Waals surface area contributed by atoms with E-state index in [-0.39, 0.29) is 35.7 Å². The average Bonchev–Trinajstić information content (AvgIpc) is 4.02. The number of ether oxygens (including phenoxy) is 1. The molecule has 0 saturated carbocycles. The second-order valence-electron chi connectivity index (χ2n) is 15.0. The lowest BCUT2D eigenvalue weighted by Gasteiger charge is -2.31. The summed E-state index contributed by atoms with van der Waals surface area (Å²) in [5.41, 5.74) is 7.13. The molecule has 1 aromatic heterocycles. The maximum atomic E-state index is 13.5. The van der Waals surface area contributed by atoms with E-state index in [2.05, 4.69) is 69.1 Å². The average molecular weight is 738 g/mol. The summed E-state index contributed by atoms with van der Waals surface area (Å²) < 4.78 is 4.76. The highest BCUT2D eigenvalue weighted by Crippen LogP contribution is 2.34. The van der Waals surface area contributed by atoms with Gasteiger partial charge in [-0.2, -0.15) is 0 Å². The van der Waals surface area contributed by atoms with Crippen LogP contribution in [0.15, 0.2) is 65.9 Å². The number of imidazole rings is 1. The number of methoxy groups -OCH3 is 1. The van der Waals surface area contributed by atoms with Gasteiger partial charge >= 0.3 is 6.09 Å². The molecule has 4 N–H and O–H groups in total. The number of amides is 4. The Labute approximate surface area is 316 Å². The van der Waals surface area contributed by atoms with Crippen molar-refractivity contribution in [3.05, 3.63) is 72.3 Å². The molecule has 4 heterocycles. The second-order valence-corrected chi connectivity index (χ2v) is 15.0. The van der Waals surface area contributed by atoms with E-state index in [0.29, 0.717) is 25.3 Å². The molecule has 4 amide bonds. The van der Waals surface area contributed by atoms with Gasteiger partial charge in [0.1, 0.15) is 24.5 Å². The SMILES string of the molecule is COC(=O)N[C@H](C(=O)N1CCC[C@H]1C1=NC=C(c2ccc(-c3ccc(-c4cnc([C@@H]5CCCN5C(=O)[C@@H](NC(=O)CO)C(C)C)[nH]4)cc3)cc2)C1)C(C)C. The molecule has 0 spiro atoms. The second kappa shape index (κ2) is 16.8. The number of likely N-dealkylation sites (tertiary alicyclic amines) is 2. The minimum atomic E-state index is -0.719. The van der Waals surface area contributed by atoms with Gasteiger partial charge in [0.2, 0.25) is 17.7 Å². The van der Waals surface area contributed by atoms with Gasteiger partial charge in [-0.1, -0.05) is 76.2 Å². The van der Waals surface area contributed by atoms with Crippen molar-refractivity contribution in [3.63, 3.8) is 0 Å². The topological polar surface area (TPSA) is 169 Å². The quantitative estimate of drug-likeness (QED) is 0.201. The normalized spacial score (nSPS) is 19.5. The lowest BCUT2D eigenvalue weighted by Crippen LogP contribution is -2.53. The molecule has 13 nitrogen and oxygen atoms in total. The molecule has 0 bridgehead atoms. The predicted octanol–water partition coefficient (Wildman–Crippen LogP) is 5.10. The van der Waals surface area contributed by atoms with Crippen molar-refractivity contribution >= 4 is 35.1 Å². The van der Waals surface area contributed by atoms with Crippen LogP contribution in [-0.2, 0) is 19.1 Å². The highest BCUT2D eigenvalue weighted by atomic mass is 16.5. The molecule has 13 heteroatoms. The number of nitrogens with zero attached hydrogens (tertiary/aromatic N) is 4. The smallest absolute Gasteiger partial charge is 0.407 e. The Bertz CT molecular complexity index is 1900. The van der Waals surface area contributed by atoms with Gasteiger partial charge in [-0.05, 0) is 65.3 Å². The molecule has 0 unspecified atom stereocenters. The largest absolute Gasteiger partial charge is 0.453 e. The summed E-state index contributed by atoms with van der Waals surface area (Å²) in [6.45, 7) is 8.12. The fourth-order valence-corrected chi connectivity index (χ4v) is 7.68. The molecular weight excluding hydrogens is 686 g/mol. The number of aromatic amines is 1. The van der Waals surface area contributed by atoms with E-state index in [0.717, 1.165) is 64.9 Å². The Morgan fingerprint density at radius 1 is 0.815 bits per heavy atom. The van der Waals surface area contributed by atoms with E-state index in [4.69, 9.17) is 9.73 Å². The first-order valence-electron chi connectivity index (χ1n) is 18.9. The van der Waals surface area contributed by atoms with Crippen molar-refractivity contribution in [2.24, 2.45) is 16.8 Å². The number of carbonyl (C=O) groups is 4. The van der Waals surface area contributed by atoms with Crippen LogP contribution in [0.4, 0.5) is 4.79 Å². The number of allylic oxidation sites excluding steroid dienone is 1. The lowest BCUT2D eigenvalue weighted by atomic mass is 9.95. The molecule has 0 radical (unpaired) electrons. The summed E-state index contributed by atoms with van der Waals surface area (Å²) in [7, 11) is 1.30. The number of hydrogen-bond acceptors (Lipinski definition) is 8. The summed E-state index contributed by atoms with van der Waals surface area (Å²) >= 11 is 0. The van der Waals surface area contributed by atoms with E-state index >= 15 is 0 Å². The molecule has 2 saturated heterocycles. The first-order chi connectivity index (χ1) is 26.0. The minimum Gasteiger partial charge on any atom is -0.453 e. The molecule has 4 atom stereocenters. The number of aliphatic hydroxyl groups excluding tert-OH is 1. The summed E-state index contributed by atoms with van der Waals surface area (Å²) in [5.74, 6) is -0.347. The Hall–Kier alpha value is -5.30. The van der Waals surface area contributed by atoms with Crippen LogP contribution in [0.5, 0.6) is 0 Å². The van der Waals surface area contributed by atoms with Crippen LogP contribution in [0.3, 0.4) is 0 Å². The first kappa shape index (κ1) is 38.4. The van der Waals surface area contributed by atoms with Crippen LogP contribution in [0, 0.1) is 11.8 Å². The predicted molar refractivity (Wildman–Crippen MR) is 206 cm³/mol. The van der Waals surface area contributed by atoms with Gasteiger partial charge < -0.3 is 35.3 Å². The number of benzene rings is 2. The first-order valence-corrected chi connectivity index (χ1v) is 18.9. The highest BCUT2D eigenvalue weighted by Gasteiger charge is 2.39. The van der Waals surface area contributed by atoms with Crippen molar-refractivity contribution in [2.45, 2.75) is 84.0 Å². The van der Waals surface area contributed by atoms with Gasteiger partial charge in [-0.3, -0.25) is 19.4 Å². The standard InChI is InChI=1S/C41H51N7O6/c1-24(2)36(45-35(50)23-49)39(51)48-19-7-9-34(48)38-43-22-32(44-38)29-16-14-27(15-17-29)26-10-12-28(13-11-26)30-20-31(42-21-30)33-8-6-18-47(33)40(52)37(25(3)4)46-41(53)54-5/h10-17,21-22,24-25,33-34,36-37,49H,6-9,18-20,23H2,1-5H3,(H,43,44)(H,45,50)(H,46,53)/t33-,34-,36-,37-/m0/s1. The van der Waals surface area contributed by atoms with Gasteiger partial charge in [-0.15, -0.1) is 0 Å². The van der Waals surface area contributed by atoms with E-state index in [1.165, 1.54) is 7.11 Å². The number of nitrogens with one attached hydrogen (secondary N) is 3. The maximum absolute atomic E-state index is 13.5. The Morgan fingerprint density at radius 2 is 1.35 bits per heavy atom. The highest BCUT2D eigenvalue weighted by molar-refractivity contribution is 6.04. The van der Waals surface area contributed by atoms with Crippen LogP contribution < -0.4 is 10.6 Å². The lowest BCUT2D eigenvalue weighted by molar-refractivity contribution is -0.139. The molecule has 2 aromatic carbocycles. The number of alkyl carbamates (subject to hydrolysis) is 1. The number of H-pyrrole nitrogens is 1. The van der Waals surface area contributed by atoms with Crippen LogP contribution in [0.1, 0.15) is 77.2 Å². The molecule has 0 aliphatic carbocycles. The summed E-state index contributed by atoms with van der Waals surface area (Å²) in [6.07, 6.45) is 7.08. The monoisotopic (exact) mass is 737 g/mol. The molecule has 3 aliphatic heterocycles. The van der Waals surface area contributed by atoms with Crippen molar-refractivity contribution in [3.8, 4) is 22.4 Å². The maximum Gasteiger partial charge on any atom is 0.407 e. The van der Waals surface area contributed by atoms with Crippen molar-refractivity contribution in [1.29, 1.82) is 0 Å². The summed E-state index contributed by atoms with van der Waals surface area (Å²) in [6, 6.07) is 15.0. The fourth-order valence-electron chi connectivity index (χ4n) is 7.68. The zero-order chi connectivity index (χ0) is 38.5. The third-order valence-electron chi connectivity index (χ3n) is 10.7. The molecular formula is C41H51N7O6. The third kappa shape index (κ3) is 8.25. The fraction of sp³-hybridized carbons (Fsp3) is 0.463. The van der Waals surface area contributed by atoms with Gasteiger partial charge in [0, 0.05) is 31.4 Å². The summed E-state index contributed by atoms with van der Waals surface area (Å²) in [5, 5.41) is 14.6. The number of aromatic nitrogens is 2. The van der Waals surface area contributed by atoms with Gasteiger partial charge in [0.05, 0.1) is 31.1 Å². The van der Waals surface area contributed by atoms with Gasteiger partial charge in [0.25, 0.3) is 0 Å². The molecule has 3 aliphatic rings. The minimum absolute atomic E-state index is 0.0862. The number of aliphatic hydroxyl groups is 1. The zero-order valence-electron chi connectivity index (χ0n) is 31.7. The summed E-state index contributed by atoms with van der Waals surface area (Å²) in [4.78, 5) is 67.4. The van der Waals surface area contributed by atoms with Gasteiger partial charge in [-0.25, -0.2) is 9.78 Å². The van der Waals surface area contributed by atoms with Crippen LogP contribution in [0.25, 0.3) is 28.0 Å². The van der Waals surface area contributed by atoms with E-state index in [1.54, 1.807) is 11.1 Å². The van der Waals surface area contributed by atoms with E-state index in [9.17, 15) is 24.3 Å². The molecule has 2 fully saturated rings. The number of hydrogen-bond donors (Lipinski definition) is 4.